The molecule has 0 atom stereocenters. The van der Waals surface area contributed by atoms with Crippen LogP contribution in [-0.2, 0) is 5.60 Å². The number of hydrogen-bond donors (Lipinski definition) is 1. The molecule has 1 N–H and O–H groups in total. The van der Waals surface area contributed by atoms with Gasteiger partial charge in [0, 0.05) is 0 Å². The third-order valence-corrected chi connectivity index (χ3v) is 2.47. The molecule has 4 heteroatoms. The Morgan fingerprint density at radius 3 is 1.93 bits per heavy atom. The standard InChI is InChI=1S/C10H12Cl2O2/c1-10(2,13)6-4-7(11)9(14-3)8(12)5-6/h4-5,13H,1-3H3. The van der Waals surface area contributed by atoms with Crippen LogP contribution in [0.4, 0.5) is 0 Å². The summed E-state index contributed by atoms with van der Waals surface area (Å²) in [6.45, 7) is 3.34. The lowest BCUT2D eigenvalue weighted by molar-refractivity contribution is 0.0785. The zero-order valence-corrected chi connectivity index (χ0v) is 9.78. The molecule has 0 aliphatic rings. The van der Waals surface area contributed by atoms with Gasteiger partial charge in [0.15, 0.2) is 5.75 Å². The van der Waals surface area contributed by atoms with E-state index in [9.17, 15) is 5.11 Å². The Hall–Kier alpha value is -0.440. The number of benzene rings is 1. The first-order valence-corrected chi connectivity index (χ1v) is 4.87. The minimum atomic E-state index is -0.959. The van der Waals surface area contributed by atoms with Gasteiger partial charge >= 0.3 is 0 Å². The van der Waals surface area contributed by atoms with Crippen LogP contribution in [0.1, 0.15) is 19.4 Å². The van der Waals surface area contributed by atoms with Crippen molar-refractivity contribution in [2.45, 2.75) is 19.4 Å². The summed E-state index contributed by atoms with van der Waals surface area (Å²) in [6, 6.07) is 3.29. The van der Waals surface area contributed by atoms with E-state index >= 15 is 0 Å². The van der Waals surface area contributed by atoms with Gasteiger partial charge in [-0.1, -0.05) is 23.2 Å². The van der Waals surface area contributed by atoms with E-state index in [0.29, 0.717) is 21.4 Å². The molecule has 14 heavy (non-hydrogen) atoms. The molecule has 1 rings (SSSR count). The lowest BCUT2D eigenvalue weighted by Gasteiger charge is -2.19. The monoisotopic (exact) mass is 234 g/mol. The summed E-state index contributed by atoms with van der Waals surface area (Å²) in [4.78, 5) is 0. The van der Waals surface area contributed by atoms with Crippen LogP contribution in [0.5, 0.6) is 5.75 Å². The smallest absolute Gasteiger partial charge is 0.156 e. The molecule has 0 bridgehead atoms. The summed E-state index contributed by atoms with van der Waals surface area (Å²) in [5, 5.41) is 10.5. The number of methoxy groups -OCH3 is 1. The topological polar surface area (TPSA) is 29.5 Å². The van der Waals surface area contributed by atoms with E-state index in [2.05, 4.69) is 0 Å². The molecule has 0 amide bonds. The predicted molar refractivity (Wildman–Crippen MR) is 58.3 cm³/mol. The summed E-state index contributed by atoms with van der Waals surface area (Å²) in [7, 11) is 1.50. The maximum atomic E-state index is 9.74. The molecule has 0 fully saturated rings. The molecule has 1 aromatic carbocycles. The second-order valence-corrected chi connectivity index (χ2v) is 4.35. The highest BCUT2D eigenvalue weighted by Crippen LogP contribution is 2.36. The fourth-order valence-corrected chi connectivity index (χ4v) is 1.75. The van der Waals surface area contributed by atoms with Crippen LogP contribution in [0.3, 0.4) is 0 Å². The minimum absolute atomic E-state index is 0.400. The van der Waals surface area contributed by atoms with Gasteiger partial charge in [-0.05, 0) is 31.5 Å². The normalized spacial score (nSPS) is 11.6. The molecular weight excluding hydrogens is 223 g/mol. The third-order valence-electron chi connectivity index (χ3n) is 1.91. The second-order valence-electron chi connectivity index (χ2n) is 3.53. The van der Waals surface area contributed by atoms with Crippen molar-refractivity contribution in [3.8, 4) is 5.75 Å². The predicted octanol–water partition coefficient (Wildman–Crippen LogP) is 3.23. The summed E-state index contributed by atoms with van der Waals surface area (Å²) in [5.41, 5.74) is -0.298. The quantitative estimate of drug-likeness (QED) is 0.852. The Labute approximate surface area is 93.4 Å². The van der Waals surface area contributed by atoms with Crippen LogP contribution < -0.4 is 4.74 Å². The second kappa shape index (κ2) is 3.97. The van der Waals surface area contributed by atoms with E-state index in [1.807, 2.05) is 0 Å². The van der Waals surface area contributed by atoms with Gasteiger partial charge in [-0.2, -0.15) is 0 Å². The maximum Gasteiger partial charge on any atom is 0.156 e. The molecular formula is C10H12Cl2O2. The zero-order chi connectivity index (χ0) is 10.9. The van der Waals surface area contributed by atoms with Crippen LogP contribution in [-0.4, -0.2) is 12.2 Å². The van der Waals surface area contributed by atoms with Gasteiger partial charge in [0.05, 0.1) is 22.8 Å². The molecule has 0 radical (unpaired) electrons. The molecule has 78 valence electrons. The van der Waals surface area contributed by atoms with Gasteiger partial charge in [-0.15, -0.1) is 0 Å². The van der Waals surface area contributed by atoms with E-state index in [4.69, 9.17) is 27.9 Å². The maximum absolute atomic E-state index is 9.74. The molecule has 0 saturated carbocycles. The number of hydrogen-bond acceptors (Lipinski definition) is 2. The molecule has 0 aliphatic carbocycles. The Balaban J connectivity index is 3.28. The van der Waals surface area contributed by atoms with E-state index < -0.39 is 5.60 Å². The van der Waals surface area contributed by atoms with Crippen LogP contribution in [0.15, 0.2) is 12.1 Å². The molecule has 0 heterocycles. The molecule has 1 aromatic rings. The number of aliphatic hydroxyl groups is 1. The van der Waals surface area contributed by atoms with Crippen molar-refractivity contribution in [2.75, 3.05) is 7.11 Å². The van der Waals surface area contributed by atoms with E-state index in [1.165, 1.54) is 7.11 Å². The van der Waals surface area contributed by atoms with Gasteiger partial charge in [0.25, 0.3) is 0 Å². The van der Waals surface area contributed by atoms with Gasteiger partial charge < -0.3 is 9.84 Å². The van der Waals surface area contributed by atoms with Crippen LogP contribution in [0.25, 0.3) is 0 Å². The Bertz CT molecular complexity index is 319. The van der Waals surface area contributed by atoms with Crippen molar-refractivity contribution < 1.29 is 9.84 Å². The molecule has 0 spiro atoms. The summed E-state index contributed by atoms with van der Waals surface area (Å²) in [6.07, 6.45) is 0. The largest absolute Gasteiger partial charge is 0.494 e. The number of halogens is 2. The highest BCUT2D eigenvalue weighted by molar-refractivity contribution is 6.37. The highest BCUT2D eigenvalue weighted by Gasteiger charge is 2.19. The minimum Gasteiger partial charge on any atom is -0.494 e. The summed E-state index contributed by atoms with van der Waals surface area (Å²) >= 11 is 11.8. The van der Waals surface area contributed by atoms with E-state index in [1.54, 1.807) is 26.0 Å². The third kappa shape index (κ3) is 2.32. The van der Waals surface area contributed by atoms with E-state index in [0.717, 1.165) is 0 Å². The van der Waals surface area contributed by atoms with Crippen LogP contribution >= 0.6 is 23.2 Å². The van der Waals surface area contributed by atoms with Crippen molar-refractivity contribution in [1.82, 2.24) is 0 Å². The fourth-order valence-electron chi connectivity index (χ4n) is 1.11. The van der Waals surface area contributed by atoms with Crippen molar-refractivity contribution in [3.05, 3.63) is 27.7 Å². The summed E-state index contributed by atoms with van der Waals surface area (Å²) in [5.74, 6) is 0.432. The summed E-state index contributed by atoms with van der Waals surface area (Å²) < 4.78 is 5.00. The van der Waals surface area contributed by atoms with E-state index in [-0.39, 0.29) is 0 Å². The molecule has 0 saturated heterocycles. The first-order chi connectivity index (χ1) is 6.36. The zero-order valence-electron chi connectivity index (χ0n) is 8.27. The Morgan fingerprint density at radius 1 is 1.21 bits per heavy atom. The molecule has 0 unspecified atom stereocenters. The molecule has 2 nitrogen and oxygen atoms in total. The van der Waals surface area contributed by atoms with Crippen molar-refractivity contribution >= 4 is 23.2 Å². The van der Waals surface area contributed by atoms with Crippen molar-refractivity contribution in [2.24, 2.45) is 0 Å². The van der Waals surface area contributed by atoms with Crippen molar-refractivity contribution in [3.63, 3.8) is 0 Å². The van der Waals surface area contributed by atoms with Crippen molar-refractivity contribution in [1.29, 1.82) is 0 Å². The van der Waals surface area contributed by atoms with Gasteiger partial charge in [-0.25, -0.2) is 0 Å². The number of ether oxygens (including phenoxy) is 1. The average Bonchev–Trinajstić information content (AvgIpc) is 2.01. The molecule has 0 aromatic heterocycles. The highest BCUT2D eigenvalue weighted by atomic mass is 35.5. The molecule has 0 aliphatic heterocycles. The van der Waals surface area contributed by atoms with Crippen LogP contribution in [0.2, 0.25) is 10.0 Å². The lowest BCUT2D eigenvalue weighted by Crippen LogP contribution is -2.15. The Kier molecular flexibility index (Phi) is 3.30. The SMILES string of the molecule is COc1c(Cl)cc(C(C)(C)O)cc1Cl. The average molecular weight is 235 g/mol. The fraction of sp³-hybridized carbons (Fsp3) is 0.400. The van der Waals surface area contributed by atoms with Gasteiger partial charge in [0.2, 0.25) is 0 Å². The lowest BCUT2D eigenvalue weighted by atomic mass is 9.98. The van der Waals surface area contributed by atoms with Crippen LogP contribution in [0, 0.1) is 0 Å². The number of rotatable bonds is 2. The van der Waals surface area contributed by atoms with Gasteiger partial charge in [-0.3, -0.25) is 0 Å². The van der Waals surface area contributed by atoms with Gasteiger partial charge in [0.1, 0.15) is 0 Å². The Morgan fingerprint density at radius 2 is 1.64 bits per heavy atom. The first kappa shape index (κ1) is 11.6. The first-order valence-electron chi connectivity index (χ1n) is 4.12.